The molecular weight excluding hydrogens is 234 g/mol. The third-order valence-electron chi connectivity index (χ3n) is 4.66. The molecule has 0 aromatic carbocycles. The summed E-state index contributed by atoms with van der Waals surface area (Å²) in [5.41, 5.74) is 0. The number of likely N-dealkylation sites (tertiary alicyclic amines) is 2. The van der Waals surface area contributed by atoms with E-state index < -0.39 is 0 Å². The summed E-state index contributed by atoms with van der Waals surface area (Å²) in [7, 11) is 2.27. The number of fused-ring (bicyclic) bond motifs is 1. The topological polar surface area (TPSA) is 18.5 Å². The molecule has 1 N–H and O–H groups in total. The molecule has 3 aliphatic heterocycles. The molecule has 0 saturated carbocycles. The van der Waals surface area contributed by atoms with E-state index in [1.165, 1.54) is 58.7 Å². The maximum absolute atomic E-state index is 3.53. The van der Waals surface area contributed by atoms with Gasteiger partial charge in [-0.25, -0.2) is 0 Å². The molecule has 0 aliphatic carbocycles. The molecule has 0 amide bonds. The van der Waals surface area contributed by atoms with Gasteiger partial charge in [-0.15, -0.1) is 12.4 Å². The maximum Gasteiger partial charge on any atom is 0.00258 e. The van der Waals surface area contributed by atoms with Crippen LogP contribution in [0, 0.1) is 17.8 Å². The summed E-state index contributed by atoms with van der Waals surface area (Å²) in [6, 6.07) is 0. The van der Waals surface area contributed by atoms with Crippen molar-refractivity contribution in [3.05, 3.63) is 0 Å². The van der Waals surface area contributed by atoms with E-state index in [4.69, 9.17) is 0 Å². The summed E-state index contributed by atoms with van der Waals surface area (Å²) in [4.78, 5) is 5.24. The van der Waals surface area contributed by atoms with Crippen LogP contribution < -0.4 is 5.32 Å². The fourth-order valence-corrected chi connectivity index (χ4v) is 3.92. The summed E-state index contributed by atoms with van der Waals surface area (Å²) in [6.45, 7) is 9.26. The van der Waals surface area contributed by atoms with Crippen molar-refractivity contribution in [2.45, 2.75) is 12.8 Å². The molecule has 0 radical (unpaired) electrons. The number of hydrogen-bond acceptors (Lipinski definition) is 3. The highest BCUT2D eigenvalue weighted by Gasteiger charge is 2.38. The highest BCUT2D eigenvalue weighted by atomic mass is 35.5. The normalized spacial score (nSPS) is 39.0. The van der Waals surface area contributed by atoms with Crippen molar-refractivity contribution in [2.75, 3.05) is 52.9 Å². The van der Waals surface area contributed by atoms with E-state index in [1.807, 2.05) is 0 Å². The van der Waals surface area contributed by atoms with Gasteiger partial charge < -0.3 is 15.1 Å². The Balaban J connectivity index is 0.00000108. The van der Waals surface area contributed by atoms with E-state index >= 15 is 0 Å². The van der Waals surface area contributed by atoms with Crippen molar-refractivity contribution in [2.24, 2.45) is 17.8 Å². The van der Waals surface area contributed by atoms with Crippen molar-refractivity contribution in [1.29, 1.82) is 0 Å². The summed E-state index contributed by atoms with van der Waals surface area (Å²) in [6.07, 6.45) is 2.83. The first-order chi connectivity index (χ1) is 7.81. The van der Waals surface area contributed by atoms with Gasteiger partial charge in [-0.1, -0.05) is 0 Å². The highest BCUT2D eigenvalue weighted by molar-refractivity contribution is 5.85. The van der Waals surface area contributed by atoms with Crippen LogP contribution in [0.15, 0.2) is 0 Å². The lowest BCUT2D eigenvalue weighted by molar-refractivity contribution is 0.219. The third kappa shape index (κ3) is 3.14. The summed E-state index contributed by atoms with van der Waals surface area (Å²) < 4.78 is 0. The van der Waals surface area contributed by atoms with E-state index in [2.05, 4.69) is 22.2 Å². The second-order valence-corrected chi connectivity index (χ2v) is 6.17. The van der Waals surface area contributed by atoms with Crippen molar-refractivity contribution in [3.8, 4) is 0 Å². The minimum atomic E-state index is 0. The molecule has 3 aliphatic rings. The van der Waals surface area contributed by atoms with Gasteiger partial charge in [0.15, 0.2) is 0 Å². The molecule has 4 heteroatoms. The lowest BCUT2D eigenvalue weighted by Gasteiger charge is -2.28. The Morgan fingerprint density at radius 1 is 1.12 bits per heavy atom. The Kier molecular flexibility index (Phi) is 4.70. The lowest BCUT2D eigenvalue weighted by Crippen LogP contribution is -2.38. The van der Waals surface area contributed by atoms with Gasteiger partial charge >= 0.3 is 0 Å². The quantitative estimate of drug-likeness (QED) is 0.795. The minimum absolute atomic E-state index is 0. The molecule has 3 atom stereocenters. The molecule has 0 bridgehead atoms. The third-order valence-corrected chi connectivity index (χ3v) is 4.66. The van der Waals surface area contributed by atoms with E-state index in [0.29, 0.717) is 0 Å². The van der Waals surface area contributed by atoms with E-state index in [0.717, 1.165) is 17.8 Å². The van der Waals surface area contributed by atoms with Crippen LogP contribution in [-0.2, 0) is 0 Å². The van der Waals surface area contributed by atoms with E-state index in [9.17, 15) is 0 Å². The Morgan fingerprint density at radius 3 is 2.41 bits per heavy atom. The van der Waals surface area contributed by atoms with Gasteiger partial charge in [0, 0.05) is 32.7 Å². The number of nitrogens with zero attached hydrogens (tertiary/aromatic N) is 2. The zero-order chi connectivity index (χ0) is 11.0. The van der Waals surface area contributed by atoms with Crippen molar-refractivity contribution in [3.63, 3.8) is 0 Å². The Hall–Kier alpha value is 0.170. The first-order valence-corrected chi connectivity index (χ1v) is 6.93. The van der Waals surface area contributed by atoms with Crippen LogP contribution in [0.3, 0.4) is 0 Å². The van der Waals surface area contributed by atoms with Crippen LogP contribution in [0.25, 0.3) is 0 Å². The summed E-state index contributed by atoms with van der Waals surface area (Å²) in [5.74, 6) is 2.87. The molecule has 0 aromatic heterocycles. The van der Waals surface area contributed by atoms with Crippen LogP contribution in [0.5, 0.6) is 0 Å². The number of halogens is 1. The minimum Gasteiger partial charge on any atom is -0.316 e. The lowest BCUT2D eigenvalue weighted by atomic mass is 9.99. The average Bonchev–Trinajstić information content (AvgIpc) is 2.76. The molecule has 0 aromatic rings. The van der Waals surface area contributed by atoms with Gasteiger partial charge in [0.25, 0.3) is 0 Å². The molecule has 1 unspecified atom stereocenters. The van der Waals surface area contributed by atoms with Crippen LogP contribution in [0.1, 0.15) is 12.8 Å². The zero-order valence-corrected chi connectivity index (χ0v) is 11.7. The van der Waals surface area contributed by atoms with Crippen LogP contribution in [-0.4, -0.2) is 62.7 Å². The molecule has 17 heavy (non-hydrogen) atoms. The SMILES string of the molecule is CN1C[C@@H]2CN(CC3CCCNC3)C[C@@H]2C1.Cl. The fraction of sp³-hybridized carbons (Fsp3) is 1.00. The van der Waals surface area contributed by atoms with Crippen LogP contribution in [0.4, 0.5) is 0 Å². The van der Waals surface area contributed by atoms with Gasteiger partial charge in [-0.05, 0) is 50.7 Å². The molecule has 0 spiro atoms. The van der Waals surface area contributed by atoms with Crippen molar-refractivity contribution < 1.29 is 0 Å². The summed E-state index contributed by atoms with van der Waals surface area (Å²) in [5, 5.41) is 3.53. The monoisotopic (exact) mass is 259 g/mol. The molecule has 3 heterocycles. The van der Waals surface area contributed by atoms with Gasteiger partial charge in [-0.3, -0.25) is 0 Å². The van der Waals surface area contributed by atoms with Crippen LogP contribution >= 0.6 is 12.4 Å². The smallest absolute Gasteiger partial charge is 0.00258 e. The average molecular weight is 260 g/mol. The molecule has 3 nitrogen and oxygen atoms in total. The first-order valence-electron chi connectivity index (χ1n) is 6.93. The second-order valence-electron chi connectivity index (χ2n) is 6.17. The first kappa shape index (κ1) is 13.6. The van der Waals surface area contributed by atoms with Gasteiger partial charge in [0.2, 0.25) is 0 Å². The van der Waals surface area contributed by atoms with Crippen molar-refractivity contribution in [1.82, 2.24) is 15.1 Å². The van der Waals surface area contributed by atoms with E-state index in [-0.39, 0.29) is 12.4 Å². The fourth-order valence-electron chi connectivity index (χ4n) is 3.92. The van der Waals surface area contributed by atoms with Gasteiger partial charge in [0.05, 0.1) is 0 Å². The molecule has 3 rings (SSSR count). The number of piperidine rings is 1. The van der Waals surface area contributed by atoms with Gasteiger partial charge in [-0.2, -0.15) is 0 Å². The largest absolute Gasteiger partial charge is 0.316 e. The Morgan fingerprint density at radius 2 is 1.82 bits per heavy atom. The zero-order valence-electron chi connectivity index (χ0n) is 10.9. The standard InChI is InChI=1S/C13H25N3.ClH/c1-15-7-12-9-16(10-13(12)8-15)6-11-3-2-4-14-5-11;/h11-14H,2-10H2,1H3;1H/t11?,12-,13+;. The second kappa shape index (κ2) is 5.87. The number of hydrogen-bond donors (Lipinski definition) is 1. The van der Waals surface area contributed by atoms with Gasteiger partial charge in [0.1, 0.15) is 0 Å². The molecule has 100 valence electrons. The molecule has 3 fully saturated rings. The van der Waals surface area contributed by atoms with Crippen LogP contribution in [0.2, 0.25) is 0 Å². The summed E-state index contributed by atoms with van der Waals surface area (Å²) >= 11 is 0. The Labute approximate surface area is 111 Å². The molecular formula is C13H26ClN3. The Bertz CT molecular complexity index is 229. The predicted molar refractivity (Wildman–Crippen MR) is 73.8 cm³/mol. The number of rotatable bonds is 2. The highest BCUT2D eigenvalue weighted by Crippen LogP contribution is 2.30. The van der Waals surface area contributed by atoms with Crippen molar-refractivity contribution >= 4 is 12.4 Å². The predicted octanol–water partition coefficient (Wildman–Crippen LogP) is 0.901. The van der Waals surface area contributed by atoms with E-state index in [1.54, 1.807) is 0 Å². The molecule has 3 saturated heterocycles. The number of nitrogens with one attached hydrogen (secondary N) is 1. The maximum atomic E-state index is 3.53.